The van der Waals surface area contributed by atoms with E-state index >= 15 is 0 Å². The number of carbonyl (C=O) groups excluding carboxylic acids is 1. The monoisotopic (exact) mass is 261 g/mol. The standard InChI is InChI=1S/C17H27NO/c1-4-7-16(8-5-2)15(6-3)11-12-17(19)18-13-14-9-10-14/h4-5,7-8,14-15H,1,6,9-13H2,2-3H3,(H,18,19)/b8-5-,16-7+/t15-/m0/s1. The first kappa shape index (κ1) is 15.7. The lowest BCUT2D eigenvalue weighted by atomic mass is 9.90. The van der Waals surface area contributed by atoms with Gasteiger partial charge in [0.05, 0.1) is 0 Å². The third-order valence-corrected chi connectivity index (χ3v) is 3.64. The van der Waals surface area contributed by atoms with Gasteiger partial charge in [-0.3, -0.25) is 4.79 Å². The molecule has 19 heavy (non-hydrogen) atoms. The van der Waals surface area contributed by atoms with Gasteiger partial charge < -0.3 is 5.32 Å². The van der Waals surface area contributed by atoms with Crippen molar-refractivity contribution >= 4 is 5.91 Å². The SMILES string of the molecule is C=C/C=C(\C=C/C)[C@@H](CC)CCC(=O)NCC1CC1. The Morgan fingerprint density at radius 3 is 2.74 bits per heavy atom. The minimum Gasteiger partial charge on any atom is -0.356 e. The van der Waals surface area contributed by atoms with Crippen LogP contribution in [-0.4, -0.2) is 12.5 Å². The molecular weight excluding hydrogens is 234 g/mol. The van der Waals surface area contributed by atoms with Crippen molar-refractivity contribution in [3.63, 3.8) is 0 Å². The van der Waals surface area contributed by atoms with Gasteiger partial charge in [-0.25, -0.2) is 0 Å². The summed E-state index contributed by atoms with van der Waals surface area (Å²) in [7, 11) is 0. The van der Waals surface area contributed by atoms with E-state index in [0.717, 1.165) is 25.3 Å². The second kappa shape index (κ2) is 8.73. The van der Waals surface area contributed by atoms with Gasteiger partial charge in [-0.2, -0.15) is 0 Å². The second-order valence-corrected chi connectivity index (χ2v) is 5.29. The Kier molecular flexibility index (Phi) is 7.24. The zero-order valence-electron chi connectivity index (χ0n) is 12.3. The Balaban J connectivity index is 2.38. The van der Waals surface area contributed by atoms with Crippen molar-refractivity contribution in [1.29, 1.82) is 0 Å². The van der Waals surface area contributed by atoms with Gasteiger partial charge in [0, 0.05) is 13.0 Å². The molecule has 0 aromatic carbocycles. The molecule has 1 amide bonds. The molecule has 0 radical (unpaired) electrons. The van der Waals surface area contributed by atoms with E-state index < -0.39 is 0 Å². The third-order valence-electron chi connectivity index (χ3n) is 3.64. The van der Waals surface area contributed by atoms with Gasteiger partial charge in [0.1, 0.15) is 0 Å². The molecular formula is C17H27NO. The first-order valence-corrected chi connectivity index (χ1v) is 7.43. The molecule has 2 nitrogen and oxygen atoms in total. The summed E-state index contributed by atoms with van der Waals surface area (Å²) in [6, 6.07) is 0. The highest BCUT2D eigenvalue weighted by Crippen LogP contribution is 2.27. The van der Waals surface area contributed by atoms with Gasteiger partial charge in [0.15, 0.2) is 0 Å². The summed E-state index contributed by atoms with van der Waals surface area (Å²) in [6.45, 7) is 8.83. The van der Waals surface area contributed by atoms with E-state index in [9.17, 15) is 4.79 Å². The summed E-state index contributed by atoms with van der Waals surface area (Å²) in [5.41, 5.74) is 1.27. The van der Waals surface area contributed by atoms with Crippen LogP contribution in [0.4, 0.5) is 0 Å². The fourth-order valence-corrected chi connectivity index (χ4v) is 2.24. The van der Waals surface area contributed by atoms with E-state index in [1.165, 1.54) is 18.4 Å². The number of hydrogen-bond acceptors (Lipinski definition) is 1. The topological polar surface area (TPSA) is 29.1 Å². The molecule has 0 aromatic heterocycles. The van der Waals surface area contributed by atoms with Crippen LogP contribution in [0.1, 0.15) is 46.0 Å². The van der Waals surface area contributed by atoms with E-state index in [0.29, 0.717) is 12.3 Å². The summed E-state index contributed by atoms with van der Waals surface area (Å²) >= 11 is 0. The van der Waals surface area contributed by atoms with Gasteiger partial charge in [0.25, 0.3) is 0 Å². The molecule has 1 fully saturated rings. The fourth-order valence-electron chi connectivity index (χ4n) is 2.24. The molecule has 0 saturated heterocycles. The van der Waals surface area contributed by atoms with E-state index in [2.05, 4.69) is 31.0 Å². The van der Waals surface area contributed by atoms with Crippen molar-refractivity contribution in [3.8, 4) is 0 Å². The number of amides is 1. The highest BCUT2D eigenvalue weighted by atomic mass is 16.1. The highest BCUT2D eigenvalue weighted by molar-refractivity contribution is 5.75. The summed E-state index contributed by atoms with van der Waals surface area (Å²) in [5.74, 6) is 1.40. The molecule has 0 aliphatic heterocycles. The minimum atomic E-state index is 0.198. The highest BCUT2D eigenvalue weighted by Gasteiger charge is 2.21. The summed E-state index contributed by atoms with van der Waals surface area (Å²) in [5, 5.41) is 3.03. The molecule has 0 bridgehead atoms. The first-order chi connectivity index (χ1) is 9.21. The Morgan fingerprint density at radius 1 is 1.47 bits per heavy atom. The zero-order valence-corrected chi connectivity index (χ0v) is 12.3. The van der Waals surface area contributed by atoms with Crippen LogP contribution in [-0.2, 0) is 4.79 Å². The number of allylic oxidation sites excluding steroid dienone is 5. The molecule has 1 N–H and O–H groups in total. The van der Waals surface area contributed by atoms with Crippen molar-refractivity contribution in [2.75, 3.05) is 6.54 Å². The van der Waals surface area contributed by atoms with Crippen molar-refractivity contribution in [1.82, 2.24) is 5.32 Å². The lowest BCUT2D eigenvalue weighted by Crippen LogP contribution is -2.25. The number of hydrogen-bond donors (Lipinski definition) is 1. The third kappa shape index (κ3) is 6.42. The van der Waals surface area contributed by atoms with Crippen LogP contribution in [0.25, 0.3) is 0 Å². The molecule has 0 aromatic rings. The van der Waals surface area contributed by atoms with Crippen molar-refractivity contribution in [2.45, 2.75) is 46.0 Å². The van der Waals surface area contributed by atoms with Gasteiger partial charge in [-0.05, 0) is 50.0 Å². The summed E-state index contributed by atoms with van der Waals surface area (Å²) in [4.78, 5) is 11.8. The molecule has 1 rings (SSSR count). The summed E-state index contributed by atoms with van der Waals surface area (Å²) in [6.07, 6.45) is 13.2. The van der Waals surface area contributed by atoms with Crippen molar-refractivity contribution in [2.24, 2.45) is 11.8 Å². The van der Waals surface area contributed by atoms with Gasteiger partial charge in [0.2, 0.25) is 5.91 Å². The lowest BCUT2D eigenvalue weighted by molar-refractivity contribution is -0.121. The maximum Gasteiger partial charge on any atom is 0.220 e. The largest absolute Gasteiger partial charge is 0.356 e. The number of carbonyl (C=O) groups is 1. The van der Waals surface area contributed by atoms with E-state index in [-0.39, 0.29) is 5.91 Å². The molecule has 0 spiro atoms. The normalized spacial score (nSPS) is 17.5. The Bertz CT molecular complexity index is 350. The average Bonchev–Trinajstić information content (AvgIpc) is 3.21. The second-order valence-electron chi connectivity index (χ2n) is 5.29. The van der Waals surface area contributed by atoms with E-state index in [1.54, 1.807) is 0 Å². The van der Waals surface area contributed by atoms with Crippen LogP contribution < -0.4 is 5.32 Å². The van der Waals surface area contributed by atoms with Crippen LogP contribution in [0.15, 0.2) is 36.5 Å². The Labute approximate surface area is 117 Å². The average molecular weight is 261 g/mol. The maximum absolute atomic E-state index is 11.8. The molecule has 1 aliphatic rings. The summed E-state index contributed by atoms with van der Waals surface area (Å²) < 4.78 is 0. The first-order valence-electron chi connectivity index (χ1n) is 7.43. The Hall–Kier alpha value is -1.31. The molecule has 2 heteroatoms. The van der Waals surface area contributed by atoms with Gasteiger partial charge in [-0.15, -0.1) is 0 Å². The zero-order chi connectivity index (χ0) is 14.1. The predicted octanol–water partition coefficient (Wildman–Crippen LogP) is 4.01. The minimum absolute atomic E-state index is 0.198. The van der Waals surface area contributed by atoms with Crippen molar-refractivity contribution in [3.05, 3.63) is 36.5 Å². The van der Waals surface area contributed by atoms with Crippen LogP contribution in [0.2, 0.25) is 0 Å². The quantitative estimate of drug-likeness (QED) is 0.624. The van der Waals surface area contributed by atoms with Crippen LogP contribution >= 0.6 is 0 Å². The predicted molar refractivity (Wildman–Crippen MR) is 81.8 cm³/mol. The molecule has 0 heterocycles. The van der Waals surface area contributed by atoms with E-state index in [1.807, 2.05) is 19.1 Å². The number of nitrogens with one attached hydrogen (secondary N) is 1. The van der Waals surface area contributed by atoms with Crippen LogP contribution in [0, 0.1) is 11.8 Å². The molecule has 1 atom stereocenters. The fraction of sp³-hybridized carbons (Fsp3) is 0.588. The van der Waals surface area contributed by atoms with Crippen LogP contribution in [0.3, 0.4) is 0 Å². The Morgan fingerprint density at radius 2 is 2.21 bits per heavy atom. The molecule has 106 valence electrons. The molecule has 1 aliphatic carbocycles. The number of rotatable bonds is 9. The smallest absolute Gasteiger partial charge is 0.220 e. The molecule has 1 saturated carbocycles. The van der Waals surface area contributed by atoms with Crippen LogP contribution in [0.5, 0.6) is 0 Å². The molecule has 0 unspecified atom stereocenters. The maximum atomic E-state index is 11.8. The van der Waals surface area contributed by atoms with Gasteiger partial charge in [-0.1, -0.05) is 37.8 Å². The lowest BCUT2D eigenvalue weighted by Gasteiger charge is -2.16. The van der Waals surface area contributed by atoms with Gasteiger partial charge >= 0.3 is 0 Å². The van der Waals surface area contributed by atoms with E-state index in [4.69, 9.17) is 0 Å². The van der Waals surface area contributed by atoms with Crippen molar-refractivity contribution < 1.29 is 4.79 Å².